The number of non-ortho nitro benzene ring substituents is 1. The van der Waals surface area contributed by atoms with Crippen molar-refractivity contribution in [2.45, 2.75) is 140 Å². The van der Waals surface area contributed by atoms with Gasteiger partial charge in [-0.05, 0) is 97.5 Å². The predicted molar refractivity (Wildman–Crippen MR) is 266 cm³/mol. The lowest BCUT2D eigenvalue weighted by molar-refractivity contribution is -0.384. The molecule has 0 bridgehead atoms. The number of nitro groups is 1. The number of amides is 1. The number of fused-ring (bicyclic) bond motifs is 2. The van der Waals surface area contributed by atoms with Crippen molar-refractivity contribution in [1.29, 1.82) is 0 Å². The van der Waals surface area contributed by atoms with Gasteiger partial charge in [-0.25, -0.2) is 4.79 Å². The molecule has 2 N–H and O–H groups in total. The number of nitro benzene ring substituents is 1. The molecule has 0 saturated heterocycles. The van der Waals surface area contributed by atoms with Crippen molar-refractivity contribution in [1.82, 2.24) is 4.90 Å². The first-order chi connectivity index (χ1) is 33.7. The Labute approximate surface area is 407 Å². The molecule has 6 unspecified atom stereocenters. The monoisotopic (exact) mass is 952 g/mol. The third kappa shape index (κ3) is 13.8. The fourth-order valence-electron chi connectivity index (χ4n) is 10.5. The van der Waals surface area contributed by atoms with Crippen LogP contribution < -0.4 is 9.47 Å². The van der Waals surface area contributed by atoms with Gasteiger partial charge in [0.2, 0.25) is 5.79 Å². The molecule has 3 aliphatic rings. The Hall–Kier alpha value is -5.57. The van der Waals surface area contributed by atoms with Crippen LogP contribution >= 0.6 is 0 Å². The number of hydrogen-bond acceptors (Lipinski definition) is 12. The Morgan fingerprint density at radius 3 is 2.29 bits per heavy atom. The van der Waals surface area contributed by atoms with Crippen LogP contribution in [0.15, 0.2) is 96.2 Å². The van der Waals surface area contributed by atoms with Crippen molar-refractivity contribution in [3.05, 3.63) is 118 Å². The second-order valence-corrected chi connectivity index (χ2v) is 18.7. The maximum atomic E-state index is 14.3. The first-order valence-electron chi connectivity index (χ1n) is 25.2. The van der Waals surface area contributed by atoms with Crippen LogP contribution in [-0.2, 0) is 20.9 Å². The van der Waals surface area contributed by atoms with Crippen molar-refractivity contribution in [2.24, 2.45) is 22.9 Å². The number of ether oxygens (including phenoxy) is 4. The topological polar surface area (TPSA) is 179 Å². The van der Waals surface area contributed by atoms with E-state index in [4.69, 9.17) is 28.9 Å². The number of unbranched alkanes of at least 4 members (excludes halogenated alkanes) is 11. The van der Waals surface area contributed by atoms with Gasteiger partial charge in [0.15, 0.2) is 0 Å². The van der Waals surface area contributed by atoms with Crippen molar-refractivity contribution >= 4 is 23.8 Å². The zero-order valence-electron chi connectivity index (χ0n) is 40.6. The molecule has 14 nitrogen and oxygen atoms in total. The van der Waals surface area contributed by atoms with E-state index in [1.165, 1.54) is 57.1 Å². The van der Waals surface area contributed by atoms with Crippen LogP contribution in [0.2, 0.25) is 0 Å². The summed E-state index contributed by atoms with van der Waals surface area (Å²) in [6, 6.07) is 18.0. The number of aliphatic hydroxyl groups is 2. The van der Waals surface area contributed by atoms with E-state index in [9.17, 15) is 29.9 Å². The molecular formula is C55H73N3O11. The zero-order chi connectivity index (χ0) is 49.0. The predicted octanol–water partition coefficient (Wildman–Crippen LogP) is 12.0. The Morgan fingerprint density at radius 1 is 0.913 bits per heavy atom. The Bertz CT molecular complexity index is 2190. The van der Waals surface area contributed by atoms with Gasteiger partial charge in [-0.15, -0.1) is 6.58 Å². The third-order valence-corrected chi connectivity index (χ3v) is 13.9. The lowest BCUT2D eigenvalue weighted by atomic mass is 9.55. The van der Waals surface area contributed by atoms with Gasteiger partial charge in [0.25, 0.3) is 5.69 Å². The van der Waals surface area contributed by atoms with Gasteiger partial charge in [-0.1, -0.05) is 107 Å². The summed E-state index contributed by atoms with van der Waals surface area (Å²) in [5.41, 5.74) is 3.49. The first-order valence-corrected chi connectivity index (χ1v) is 25.2. The molecule has 6 atom stereocenters. The number of aliphatic hydroxyl groups excluding tert-OH is 2. The first kappa shape index (κ1) is 52.8. The molecule has 0 spiro atoms. The summed E-state index contributed by atoms with van der Waals surface area (Å²) in [4.78, 5) is 44.7. The fourth-order valence-corrected chi connectivity index (χ4v) is 10.5. The highest BCUT2D eigenvalue weighted by atomic mass is 16.7. The van der Waals surface area contributed by atoms with E-state index in [0.717, 1.165) is 62.4 Å². The van der Waals surface area contributed by atoms with Gasteiger partial charge >= 0.3 is 6.09 Å². The number of aldehydes is 1. The van der Waals surface area contributed by atoms with Crippen molar-refractivity contribution in [3.8, 4) is 17.2 Å². The zero-order valence-corrected chi connectivity index (χ0v) is 40.6. The lowest BCUT2D eigenvalue weighted by Gasteiger charge is -2.59. The van der Waals surface area contributed by atoms with Crippen molar-refractivity contribution in [3.63, 3.8) is 0 Å². The molecule has 0 radical (unpaired) electrons. The maximum Gasteiger partial charge on any atom is 0.409 e. The van der Waals surface area contributed by atoms with Gasteiger partial charge in [0.05, 0.1) is 29.8 Å². The minimum Gasteiger partial charge on any atom is -0.459 e. The van der Waals surface area contributed by atoms with E-state index in [-0.39, 0.29) is 62.9 Å². The number of rotatable bonds is 30. The third-order valence-electron chi connectivity index (χ3n) is 13.9. The van der Waals surface area contributed by atoms with Crippen LogP contribution in [0, 0.1) is 27.9 Å². The number of oxime groups is 1. The lowest BCUT2D eigenvalue weighted by Crippen LogP contribution is -2.69. The molecular weight excluding hydrogens is 879 g/mol. The molecule has 374 valence electrons. The van der Waals surface area contributed by atoms with E-state index in [2.05, 4.69) is 19.6 Å². The molecule has 69 heavy (non-hydrogen) atoms. The van der Waals surface area contributed by atoms with Crippen molar-refractivity contribution < 1.29 is 48.5 Å². The quantitative estimate of drug-likeness (QED) is 0.0213. The summed E-state index contributed by atoms with van der Waals surface area (Å²) in [5.74, 6) is -0.701. The summed E-state index contributed by atoms with van der Waals surface area (Å²) < 4.78 is 26.7. The molecule has 14 heteroatoms. The number of benzene rings is 3. The second-order valence-electron chi connectivity index (χ2n) is 18.7. The smallest absolute Gasteiger partial charge is 0.409 e. The van der Waals surface area contributed by atoms with Gasteiger partial charge in [0.1, 0.15) is 36.2 Å². The number of nitrogens with zero attached hydrogens (tertiary/aromatic N) is 3. The largest absolute Gasteiger partial charge is 0.459 e. The van der Waals surface area contributed by atoms with E-state index < -0.39 is 28.8 Å². The summed E-state index contributed by atoms with van der Waals surface area (Å²) in [6.07, 6.45) is 20.3. The molecule has 3 aromatic carbocycles. The Balaban J connectivity index is 1.40. The van der Waals surface area contributed by atoms with Crippen LogP contribution in [0.25, 0.3) is 0 Å². The maximum absolute atomic E-state index is 14.3. The number of allylic oxidation sites excluding steroid dienone is 1. The molecule has 2 aliphatic carbocycles. The average molecular weight is 952 g/mol. The molecule has 1 aliphatic heterocycles. The van der Waals surface area contributed by atoms with Crippen LogP contribution in [-0.4, -0.2) is 83.4 Å². The van der Waals surface area contributed by atoms with Crippen LogP contribution in [0.4, 0.5) is 10.5 Å². The van der Waals surface area contributed by atoms with E-state index >= 15 is 0 Å². The molecule has 1 amide bonds. The van der Waals surface area contributed by atoms with Gasteiger partial charge < -0.3 is 38.9 Å². The number of carbonyl (C=O) groups excluding carboxylic acids is 2. The standard InChI is InChI=1S/C55H73N3O11/c1-4-6-7-8-9-10-11-12-13-18-33-65-54(62)57(3)51-37-49(56-67-39-40-24-26-43(27-25-40)58(63)64)47-35-42(21-14-16-30-59)46(23-15-17-31-60)52-48-36-45(68-44-22-19-20-41(34-44)38-61)28-29-50(48)69-55(51,53(47)52)66-32-5-2/h5,19-20,22,24-29,34-36,38,42,46,51-53,59-60H,2,4,6-18,21,23,30-33,37,39H2,1,3H3. The number of carbonyl (C=O) groups is 2. The van der Waals surface area contributed by atoms with Crippen LogP contribution in [0.5, 0.6) is 17.2 Å². The van der Waals surface area contributed by atoms with Gasteiger partial charge in [0, 0.05) is 55.9 Å². The number of hydrogen-bond donors (Lipinski definition) is 2. The second kappa shape index (κ2) is 27.0. The van der Waals surface area contributed by atoms with E-state index in [1.54, 1.807) is 54.4 Å². The molecule has 1 fully saturated rings. The SMILES string of the molecule is C=CCOC12Oc3ccc(Oc4cccc(C=O)c4)cc3C3C(CCCCO)C(CCCCO)C=C(C(=NOCc4ccc([N+](=O)[O-])cc4)CC1N(C)C(=O)OCCCCCCCCCCCC)C32. The summed E-state index contributed by atoms with van der Waals surface area (Å²) in [7, 11) is 1.71. The highest BCUT2D eigenvalue weighted by Crippen LogP contribution is 2.62. The minimum atomic E-state index is -1.47. The fraction of sp³-hybridized carbons (Fsp3) is 0.545. The van der Waals surface area contributed by atoms with Crippen LogP contribution in [0.3, 0.4) is 0 Å². The van der Waals surface area contributed by atoms with E-state index in [1.807, 2.05) is 18.2 Å². The van der Waals surface area contributed by atoms with Crippen LogP contribution in [0.1, 0.15) is 143 Å². The Kier molecular flexibility index (Phi) is 20.7. The number of likely N-dealkylation sites (N-methyl/N-ethyl adjacent to an activating group) is 1. The molecule has 1 heterocycles. The van der Waals surface area contributed by atoms with Gasteiger partial charge in [-0.2, -0.15) is 0 Å². The molecule has 1 saturated carbocycles. The molecule has 6 rings (SSSR count). The summed E-state index contributed by atoms with van der Waals surface area (Å²) >= 11 is 0. The highest BCUT2D eigenvalue weighted by Gasteiger charge is 2.65. The van der Waals surface area contributed by atoms with E-state index in [0.29, 0.717) is 46.9 Å². The normalized spacial score (nSPS) is 21.8. The minimum absolute atomic E-state index is 0.00331. The summed E-state index contributed by atoms with van der Waals surface area (Å²) in [5, 5.41) is 36.1. The average Bonchev–Trinajstić information content (AvgIpc) is 3.36. The highest BCUT2D eigenvalue weighted by molar-refractivity contribution is 6.03. The van der Waals surface area contributed by atoms with Gasteiger partial charge in [-0.3, -0.25) is 14.9 Å². The summed E-state index contributed by atoms with van der Waals surface area (Å²) in [6.45, 7) is 6.78. The van der Waals surface area contributed by atoms with Crippen molar-refractivity contribution in [2.75, 3.05) is 33.5 Å². The molecule has 0 aromatic heterocycles. The molecule has 3 aromatic rings. The Morgan fingerprint density at radius 2 is 1.61 bits per heavy atom.